The smallest absolute Gasteiger partial charge is 0.290 e. The van der Waals surface area contributed by atoms with Crippen LogP contribution >= 0.6 is 0 Å². The van der Waals surface area contributed by atoms with Crippen LogP contribution in [0.3, 0.4) is 0 Å². The number of aryl methyl sites for hydroxylation is 1. The molecule has 0 aliphatic heterocycles. The van der Waals surface area contributed by atoms with E-state index in [-0.39, 0.29) is 11.2 Å². The zero-order valence-electron chi connectivity index (χ0n) is 11.5. The summed E-state index contributed by atoms with van der Waals surface area (Å²) in [6.45, 7) is 1.84. The van der Waals surface area contributed by atoms with E-state index in [1.165, 1.54) is 4.52 Å². The summed E-state index contributed by atoms with van der Waals surface area (Å²) < 4.78 is 1.44. The van der Waals surface area contributed by atoms with E-state index in [4.69, 9.17) is 0 Å². The largest absolute Gasteiger partial charge is 0.327 e. The van der Waals surface area contributed by atoms with E-state index in [0.29, 0.717) is 5.65 Å². The molecular formula is C14H10N6O2. The van der Waals surface area contributed by atoms with Gasteiger partial charge in [0, 0.05) is 0 Å². The minimum Gasteiger partial charge on any atom is -0.290 e. The van der Waals surface area contributed by atoms with Crippen LogP contribution in [0.2, 0.25) is 0 Å². The van der Waals surface area contributed by atoms with Crippen LogP contribution in [0.5, 0.6) is 0 Å². The molecule has 0 aliphatic carbocycles. The van der Waals surface area contributed by atoms with Crippen LogP contribution in [0.4, 0.5) is 0 Å². The summed E-state index contributed by atoms with van der Waals surface area (Å²) in [6, 6.07) is 9.63. The molecule has 0 radical (unpaired) electrons. The standard InChI is InChI=1S/C14H10N6O2/c1-7-9(8-5-3-2-4-6-8)11-18-17-10-12(20(11)19-7)15-14(22)16-13(10)21/h2-6H,1H3,(H2,15,16,21,22). The minimum absolute atomic E-state index is 0.0363. The van der Waals surface area contributed by atoms with E-state index in [1.807, 2.05) is 37.3 Å². The Balaban J connectivity index is 2.19. The van der Waals surface area contributed by atoms with E-state index in [2.05, 4.69) is 25.3 Å². The minimum atomic E-state index is -0.610. The highest BCUT2D eigenvalue weighted by molar-refractivity contribution is 5.83. The normalized spacial score (nSPS) is 11.3. The number of nitrogens with zero attached hydrogens (tertiary/aromatic N) is 4. The number of nitrogens with one attached hydrogen (secondary N) is 2. The summed E-state index contributed by atoms with van der Waals surface area (Å²) in [5, 5.41) is 12.4. The first-order valence-electron chi connectivity index (χ1n) is 6.59. The molecule has 3 heterocycles. The van der Waals surface area contributed by atoms with Gasteiger partial charge in [0.1, 0.15) is 0 Å². The first-order chi connectivity index (χ1) is 10.6. The van der Waals surface area contributed by atoms with Gasteiger partial charge in [0.15, 0.2) is 16.8 Å². The summed E-state index contributed by atoms with van der Waals surface area (Å²) in [5.41, 5.74) is 2.03. The molecular weight excluding hydrogens is 284 g/mol. The van der Waals surface area contributed by atoms with Gasteiger partial charge in [-0.05, 0) is 12.5 Å². The number of fused-ring (bicyclic) bond motifs is 3. The van der Waals surface area contributed by atoms with Crippen molar-refractivity contribution in [1.82, 2.24) is 29.8 Å². The Hall–Kier alpha value is -3.29. The maximum absolute atomic E-state index is 11.8. The van der Waals surface area contributed by atoms with E-state index in [1.54, 1.807) is 0 Å². The van der Waals surface area contributed by atoms with Crippen molar-refractivity contribution in [2.45, 2.75) is 6.92 Å². The van der Waals surface area contributed by atoms with Crippen LogP contribution in [0.15, 0.2) is 39.9 Å². The average Bonchev–Trinajstić information content (AvgIpc) is 2.84. The van der Waals surface area contributed by atoms with Crippen molar-refractivity contribution in [3.63, 3.8) is 0 Å². The van der Waals surface area contributed by atoms with Crippen LogP contribution < -0.4 is 11.2 Å². The Morgan fingerprint density at radius 3 is 2.59 bits per heavy atom. The van der Waals surface area contributed by atoms with Crippen LogP contribution in [-0.4, -0.2) is 29.8 Å². The van der Waals surface area contributed by atoms with E-state index in [9.17, 15) is 9.59 Å². The van der Waals surface area contributed by atoms with Crippen molar-refractivity contribution < 1.29 is 0 Å². The van der Waals surface area contributed by atoms with Crippen molar-refractivity contribution in [2.24, 2.45) is 0 Å². The fourth-order valence-electron chi connectivity index (χ4n) is 2.52. The molecule has 3 aromatic heterocycles. The highest BCUT2D eigenvalue weighted by atomic mass is 16.2. The molecule has 8 heteroatoms. The Morgan fingerprint density at radius 1 is 1.05 bits per heavy atom. The molecule has 8 nitrogen and oxygen atoms in total. The third-order valence-corrected chi connectivity index (χ3v) is 3.45. The number of hydrogen-bond acceptors (Lipinski definition) is 5. The number of aromatic nitrogens is 6. The van der Waals surface area contributed by atoms with Gasteiger partial charge in [-0.3, -0.25) is 14.8 Å². The Kier molecular flexibility index (Phi) is 2.46. The molecule has 0 fully saturated rings. The SMILES string of the molecule is Cc1nn2c(nnc3c(=O)[nH]c(=O)[nH]c32)c1-c1ccccc1. The zero-order chi connectivity index (χ0) is 15.3. The van der Waals surface area contributed by atoms with Gasteiger partial charge in [-0.2, -0.15) is 9.61 Å². The summed E-state index contributed by atoms with van der Waals surface area (Å²) in [4.78, 5) is 28.0. The monoisotopic (exact) mass is 294 g/mol. The third kappa shape index (κ3) is 1.67. The number of benzene rings is 1. The van der Waals surface area contributed by atoms with Crippen LogP contribution in [0, 0.1) is 6.92 Å². The Bertz CT molecular complexity index is 1120. The lowest BCUT2D eigenvalue weighted by Crippen LogP contribution is -2.24. The number of aromatic amines is 2. The van der Waals surface area contributed by atoms with Crippen molar-refractivity contribution in [1.29, 1.82) is 0 Å². The van der Waals surface area contributed by atoms with E-state index in [0.717, 1.165) is 16.8 Å². The van der Waals surface area contributed by atoms with E-state index >= 15 is 0 Å². The lowest BCUT2D eigenvalue weighted by Gasteiger charge is -2.00. The summed E-state index contributed by atoms with van der Waals surface area (Å²) >= 11 is 0. The predicted molar refractivity (Wildman–Crippen MR) is 79.7 cm³/mol. The second-order valence-corrected chi connectivity index (χ2v) is 4.87. The quantitative estimate of drug-likeness (QED) is 0.535. The van der Waals surface area contributed by atoms with Gasteiger partial charge >= 0.3 is 5.69 Å². The molecule has 0 saturated heterocycles. The topological polar surface area (TPSA) is 109 Å². The number of hydrogen-bond donors (Lipinski definition) is 2. The maximum atomic E-state index is 11.8. The van der Waals surface area contributed by atoms with Gasteiger partial charge in [-0.15, -0.1) is 10.2 Å². The zero-order valence-corrected chi connectivity index (χ0v) is 11.5. The molecule has 0 bridgehead atoms. The van der Waals surface area contributed by atoms with Crippen molar-refractivity contribution >= 4 is 16.8 Å². The average molecular weight is 294 g/mol. The molecule has 0 aliphatic rings. The van der Waals surface area contributed by atoms with Gasteiger partial charge in [0.2, 0.25) is 0 Å². The molecule has 4 rings (SSSR count). The van der Waals surface area contributed by atoms with E-state index < -0.39 is 11.2 Å². The van der Waals surface area contributed by atoms with Gasteiger partial charge < -0.3 is 0 Å². The lowest BCUT2D eigenvalue weighted by molar-refractivity contribution is 0.888. The molecule has 22 heavy (non-hydrogen) atoms. The lowest BCUT2D eigenvalue weighted by atomic mass is 10.1. The highest BCUT2D eigenvalue weighted by Crippen LogP contribution is 2.27. The number of rotatable bonds is 1. The first kappa shape index (κ1) is 12.5. The summed E-state index contributed by atoms with van der Waals surface area (Å²) in [5.74, 6) is 0. The van der Waals surface area contributed by atoms with Crippen molar-refractivity contribution in [2.75, 3.05) is 0 Å². The second kappa shape index (κ2) is 4.35. The third-order valence-electron chi connectivity index (χ3n) is 3.45. The predicted octanol–water partition coefficient (Wildman–Crippen LogP) is 0.630. The van der Waals surface area contributed by atoms with Gasteiger partial charge in [-0.1, -0.05) is 30.3 Å². The molecule has 2 N–H and O–H groups in total. The summed E-state index contributed by atoms with van der Waals surface area (Å²) in [7, 11) is 0. The van der Waals surface area contributed by atoms with Gasteiger partial charge in [-0.25, -0.2) is 4.79 Å². The molecule has 1 aromatic carbocycles. The first-order valence-corrected chi connectivity index (χ1v) is 6.59. The van der Waals surface area contributed by atoms with Crippen molar-refractivity contribution in [3.05, 3.63) is 56.9 Å². The Morgan fingerprint density at radius 2 is 1.82 bits per heavy atom. The molecule has 0 atom stereocenters. The number of H-pyrrole nitrogens is 2. The molecule has 0 saturated carbocycles. The molecule has 0 spiro atoms. The maximum Gasteiger partial charge on any atom is 0.327 e. The molecule has 4 aromatic rings. The van der Waals surface area contributed by atoms with Gasteiger partial charge in [0.05, 0.1) is 11.3 Å². The molecule has 0 amide bonds. The second-order valence-electron chi connectivity index (χ2n) is 4.87. The van der Waals surface area contributed by atoms with Gasteiger partial charge in [0.25, 0.3) is 5.56 Å². The fraction of sp³-hybridized carbons (Fsp3) is 0.0714. The fourth-order valence-corrected chi connectivity index (χ4v) is 2.52. The van der Waals surface area contributed by atoms with Crippen LogP contribution in [-0.2, 0) is 0 Å². The molecule has 0 unspecified atom stereocenters. The Labute approximate surface area is 122 Å². The van der Waals surface area contributed by atoms with Crippen LogP contribution in [0.25, 0.3) is 27.9 Å². The summed E-state index contributed by atoms with van der Waals surface area (Å²) in [6.07, 6.45) is 0. The van der Waals surface area contributed by atoms with Crippen molar-refractivity contribution in [3.8, 4) is 11.1 Å². The highest BCUT2D eigenvalue weighted by Gasteiger charge is 2.17. The van der Waals surface area contributed by atoms with Crippen LogP contribution in [0.1, 0.15) is 5.69 Å². The molecule has 108 valence electrons.